The van der Waals surface area contributed by atoms with Crippen LogP contribution in [0.4, 0.5) is 5.69 Å². The summed E-state index contributed by atoms with van der Waals surface area (Å²) in [7, 11) is 0. The Labute approximate surface area is 123 Å². The zero-order valence-corrected chi connectivity index (χ0v) is 12.9. The van der Waals surface area contributed by atoms with E-state index in [9.17, 15) is 0 Å². The molecule has 19 heavy (non-hydrogen) atoms. The van der Waals surface area contributed by atoms with Crippen LogP contribution in [0.3, 0.4) is 0 Å². The molecule has 0 bridgehead atoms. The van der Waals surface area contributed by atoms with Gasteiger partial charge in [0, 0.05) is 16.7 Å². The summed E-state index contributed by atoms with van der Waals surface area (Å²) in [5.74, 6) is 0. The van der Waals surface area contributed by atoms with Gasteiger partial charge in [-0.05, 0) is 48.2 Å². The van der Waals surface area contributed by atoms with Crippen molar-refractivity contribution in [2.45, 2.75) is 13.8 Å². The highest BCUT2D eigenvalue weighted by Crippen LogP contribution is 2.25. The highest BCUT2D eigenvalue weighted by Gasteiger charge is 2.05. The van der Waals surface area contributed by atoms with Gasteiger partial charge < -0.3 is 5.32 Å². The van der Waals surface area contributed by atoms with Crippen molar-refractivity contribution in [1.82, 2.24) is 0 Å². The average molecular weight is 316 g/mol. The number of rotatable bonds is 4. The van der Waals surface area contributed by atoms with Crippen molar-refractivity contribution in [1.29, 1.82) is 0 Å². The molecule has 2 aromatic carbocycles. The summed E-state index contributed by atoms with van der Waals surface area (Å²) in [6.07, 6.45) is 0. The second kappa shape index (κ2) is 6.07. The monoisotopic (exact) mass is 315 g/mol. The lowest BCUT2D eigenvalue weighted by molar-refractivity contribution is 1.27. The van der Waals surface area contributed by atoms with E-state index in [4.69, 9.17) is 0 Å². The topological polar surface area (TPSA) is 12.0 Å². The molecule has 98 valence electrons. The van der Waals surface area contributed by atoms with Gasteiger partial charge in [-0.15, -0.1) is 0 Å². The first-order valence-corrected chi connectivity index (χ1v) is 7.11. The number of hydrogen-bond acceptors (Lipinski definition) is 1. The maximum absolute atomic E-state index is 4.15. The number of nitrogens with one attached hydrogen (secondary N) is 1. The molecule has 1 N–H and O–H groups in total. The number of anilines is 1. The fraction of sp³-hybridized carbons (Fsp3) is 0.176. The van der Waals surface area contributed by atoms with Crippen LogP contribution in [0.15, 0.2) is 53.5 Å². The van der Waals surface area contributed by atoms with Gasteiger partial charge >= 0.3 is 0 Å². The average Bonchev–Trinajstić information content (AvgIpc) is 2.38. The quantitative estimate of drug-likeness (QED) is 0.818. The predicted octanol–water partition coefficient (Wildman–Crippen LogP) is 5.19. The second-order valence-electron chi connectivity index (χ2n) is 4.74. The molecule has 0 fully saturated rings. The molecule has 0 aliphatic carbocycles. The van der Waals surface area contributed by atoms with Crippen LogP contribution >= 0.6 is 15.9 Å². The van der Waals surface area contributed by atoms with Crippen LogP contribution in [0, 0.1) is 13.8 Å². The van der Waals surface area contributed by atoms with Crippen LogP contribution in [0.1, 0.15) is 16.7 Å². The zero-order chi connectivity index (χ0) is 13.8. The lowest BCUT2D eigenvalue weighted by Crippen LogP contribution is -2.06. The van der Waals surface area contributed by atoms with Crippen molar-refractivity contribution in [2.75, 3.05) is 11.9 Å². The fourth-order valence-corrected chi connectivity index (χ4v) is 2.85. The zero-order valence-electron chi connectivity index (χ0n) is 11.3. The molecule has 2 aromatic rings. The molecule has 0 atom stereocenters. The van der Waals surface area contributed by atoms with Gasteiger partial charge in [-0.3, -0.25) is 0 Å². The molecule has 0 radical (unpaired) electrons. The minimum Gasteiger partial charge on any atom is -0.381 e. The molecule has 0 aliphatic rings. The molecule has 0 aliphatic heterocycles. The van der Waals surface area contributed by atoms with Crippen molar-refractivity contribution in [3.05, 3.63) is 70.2 Å². The van der Waals surface area contributed by atoms with Crippen molar-refractivity contribution in [2.24, 2.45) is 0 Å². The molecule has 0 aromatic heterocycles. The van der Waals surface area contributed by atoms with Crippen LogP contribution in [0.2, 0.25) is 0 Å². The highest BCUT2D eigenvalue weighted by molar-refractivity contribution is 9.10. The Hall–Kier alpha value is -1.54. The van der Waals surface area contributed by atoms with Gasteiger partial charge in [0.1, 0.15) is 0 Å². The van der Waals surface area contributed by atoms with E-state index < -0.39 is 0 Å². The van der Waals surface area contributed by atoms with E-state index in [1.54, 1.807) is 0 Å². The Balaban J connectivity index is 2.10. The molecular formula is C17H18BrN. The summed E-state index contributed by atoms with van der Waals surface area (Å²) in [5.41, 5.74) is 5.96. The second-order valence-corrected chi connectivity index (χ2v) is 5.65. The molecule has 0 amide bonds. The summed E-state index contributed by atoms with van der Waals surface area (Å²) in [6.45, 7) is 9.14. The largest absolute Gasteiger partial charge is 0.381 e. The third-order valence-electron chi connectivity index (χ3n) is 3.16. The molecule has 2 heteroatoms. The van der Waals surface area contributed by atoms with Crippen LogP contribution in [-0.4, -0.2) is 6.54 Å². The van der Waals surface area contributed by atoms with Gasteiger partial charge in [0.2, 0.25) is 0 Å². The molecule has 0 spiro atoms. The van der Waals surface area contributed by atoms with E-state index in [1.807, 2.05) is 18.2 Å². The number of benzene rings is 2. The Morgan fingerprint density at radius 1 is 1.11 bits per heavy atom. The standard InChI is InChI=1S/C17H18BrN/c1-12-9-16(18)10-13(2)17(12)19-11-14(3)15-7-5-4-6-8-15/h4-10,19H,3,11H2,1-2H3. The summed E-state index contributed by atoms with van der Waals surface area (Å²) < 4.78 is 1.12. The van der Waals surface area contributed by atoms with E-state index in [0.29, 0.717) is 0 Å². The Kier molecular flexibility index (Phi) is 4.43. The van der Waals surface area contributed by atoms with Gasteiger partial charge in [0.25, 0.3) is 0 Å². The van der Waals surface area contributed by atoms with Gasteiger partial charge in [0.15, 0.2) is 0 Å². The van der Waals surface area contributed by atoms with E-state index >= 15 is 0 Å². The SMILES string of the molecule is C=C(CNc1c(C)cc(Br)cc1C)c1ccccc1. The van der Waals surface area contributed by atoms with Gasteiger partial charge in [-0.25, -0.2) is 0 Å². The molecule has 0 unspecified atom stereocenters. The molecule has 0 heterocycles. The minimum atomic E-state index is 0.757. The third-order valence-corrected chi connectivity index (χ3v) is 3.62. The number of aryl methyl sites for hydroxylation is 2. The van der Waals surface area contributed by atoms with E-state index in [1.165, 1.54) is 22.4 Å². The summed E-state index contributed by atoms with van der Waals surface area (Å²) in [4.78, 5) is 0. The smallest absolute Gasteiger partial charge is 0.0403 e. The van der Waals surface area contributed by atoms with Crippen LogP contribution in [-0.2, 0) is 0 Å². The Morgan fingerprint density at radius 3 is 2.26 bits per heavy atom. The molecule has 0 saturated heterocycles. The normalized spacial score (nSPS) is 10.3. The number of halogens is 1. The summed E-state index contributed by atoms with van der Waals surface area (Å²) in [6, 6.07) is 14.5. The maximum Gasteiger partial charge on any atom is 0.0403 e. The van der Waals surface area contributed by atoms with Crippen molar-refractivity contribution >= 4 is 27.2 Å². The lowest BCUT2D eigenvalue weighted by Gasteiger charge is -2.14. The first-order chi connectivity index (χ1) is 9.08. The van der Waals surface area contributed by atoms with Gasteiger partial charge in [0.05, 0.1) is 0 Å². The van der Waals surface area contributed by atoms with E-state index in [2.05, 4.69) is 65.9 Å². The third kappa shape index (κ3) is 3.48. The highest BCUT2D eigenvalue weighted by atomic mass is 79.9. The van der Waals surface area contributed by atoms with Gasteiger partial charge in [-0.1, -0.05) is 52.8 Å². The molecule has 2 rings (SSSR count). The fourth-order valence-electron chi connectivity index (χ4n) is 2.16. The number of hydrogen-bond donors (Lipinski definition) is 1. The Morgan fingerprint density at radius 2 is 1.68 bits per heavy atom. The van der Waals surface area contributed by atoms with Gasteiger partial charge in [-0.2, -0.15) is 0 Å². The first-order valence-electron chi connectivity index (χ1n) is 6.32. The minimum absolute atomic E-state index is 0.757. The lowest BCUT2D eigenvalue weighted by atomic mass is 10.1. The van der Waals surface area contributed by atoms with E-state index in [-0.39, 0.29) is 0 Å². The molecule has 1 nitrogen and oxygen atoms in total. The van der Waals surface area contributed by atoms with E-state index in [0.717, 1.165) is 16.6 Å². The predicted molar refractivity (Wildman–Crippen MR) is 87.6 cm³/mol. The van der Waals surface area contributed by atoms with Crippen LogP contribution < -0.4 is 5.32 Å². The Bertz CT molecular complexity index is 564. The van der Waals surface area contributed by atoms with Crippen LogP contribution in [0.5, 0.6) is 0 Å². The summed E-state index contributed by atoms with van der Waals surface area (Å²) >= 11 is 3.52. The summed E-state index contributed by atoms with van der Waals surface area (Å²) in [5, 5.41) is 3.49. The van der Waals surface area contributed by atoms with Crippen molar-refractivity contribution in [3.8, 4) is 0 Å². The molecular weight excluding hydrogens is 298 g/mol. The van der Waals surface area contributed by atoms with Crippen molar-refractivity contribution < 1.29 is 0 Å². The maximum atomic E-state index is 4.15. The first kappa shape index (κ1) is 13.9. The van der Waals surface area contributed by atoms with Crippen molar-refractivity contribution in [3.63, 3.8) is 0 Å². The molecule has 0 saturated carbocycles. The van der Waals surface area contributed by atoms with Crippen LogP contribution in [0.25, 0.3) is 5.57 Å².